The van der Waals surface area contributed by atoms with E-state index in [0.29, 0.717) is 27.4 Å². The van der Waals surface area contributed by atoms with Gasteiger partial charge in [-0.25, -0.2) is 0 Å². The Hall–Kier alpha value is -4.04. The number of esters is 1. The maximum atomic E-state index is 14.6. The molecule has 6 rings (SSSR count). The molecule has 0 aromatic heterocycles. The molecule has 1 heterocycles. The van der Waals surface area contributed by atoms with Gasteiger partial charge >= 0.3 is 5.97 Å². The van der Waals surface area contributed by atoms with Gasteiger partial charge in [0, 0.05) is 53.2 Å². The van der Waals surface area contributed by atoms with Crippen LogP contribution in [0.1, 0.15) is 59.7 Å². The molecule has 0 radical (unpaired) electrons. The minimum atomic E-state index is -1.50. The average molecular weight is 559 g/mol. The molecule has 1 amide bonds. The standard InChI is InChI=1S/C31H27ClN2O6/c1-30(2,3)40-28(36)26-23-19-12-11-18(34(38)39)15-20(19)27(35)24(23)25(16-8-6-5-7-9-16)31(26)21-14-17(32)10-13-22(21)33(4)29(31)37/h5-15,23-26H,1-4H3. The van der Waals surface area contributed by atoms with Crippen LogP contribution >= 0.6 is 11.6 Å². The highest BCUT2D eigenvalue weighted by Gasteiger charge is 2.74. The van der Waals surface area contributed by atoms with E-state index < -0.39 is 45.6 Å². The van der Waals surface area contributed by atoms with Crippen LogP contribution in [-0.4, -0.2) is 35.2 Å². The number of hydrogen-bond acceptors (Lipinski definition) is 6. The summed E-state index contributed by atoms with van der Waals surface area (Å²) < 4.78 is 5.98. The number of likely N-dealkylation sites (N-methyl/N-ethyl adjacent to an activating group) is 1. The number of nitro benzene ring substituents is 1. The number of nitro groups is 1. The number of carbonyl (C=O) groups excluding carboxylic acids is 3. The molecule has 0 saturated heterocycles. The number of anilines is 1. The first kappa shape index (κ1) is 26.2. The molecule has 0 bridgehead atoms. The van der Waals surface area contributed by atoms with Crippen molar-refractivity contribution in [2.45, 2.75) is 43.6 Å². The Morgan fingerprint density at radius 1 is 1.02 bits per heavy atom. The first-order chi connectivity index (χ1) is 18.9. The predicted molar refractivity (Wildman–Crippen MR) is 149 cm³/mol. The van der Waals surface area contributed by atoms with Crippen molar-refractivity contribution < 1.29 is 24.0 Å². The van der Waals surface area contributed by atoms with Crippen LogP contribution in [0, 0.1) is 22.0 Å². The number of fused-ring (bicyclic) bond motifs is 5. The van der Waals surface area contributed by atoms with Gasteiger partial charge in [0.15, 0.2) is 5.78 Å². The number of amides is 1. The van der Waals surface area contributed by atoms with E-state index in [2.05, 4.69) is 0 Å². The molecule has 3 aliphatic rings. The molecule has 9 heteroatoms. The third kappa shape index (κ3) is 3.48. The molecule has 8 nitrogen and oxygen atoms in total. The maximum Gasteiger partial charge on any atom is 0.311 e. The Morgan fingerprint density at radius 3 is 2.38 bits per heavy atom. The lowest BCUT2D eigenvalue weighted by atomic mass is 9.63. The molecule has 2 aliphatic carbocycles. The van der Waals surface area contributed by atoms with Crippen LogP contribution in [-0.2, 0) is 19.7 Å². The molecule has 3 aromatic carbocycles. The van der Waals surface area contributed by atoms with Crippen molar-refractivity contribution in [2.24, 2.45) is 11.8 Å². The van der Waals surface area contributed by atoms with E-state index in [1.807, 2.05) is 30.3 Å². The number of ketones is 1. The number of non-ortho nitro benzene ring substituents is 1. The molecule has 5 unspecified atom stereocenters. The molecule has 40 heavy (non-hydrogen) atoms. The molecule has 204 valence electrons. The molecule has 1 fully saturated rings. The van der Waals surface area contributed by atoms with Crippen LogP contribution in [0.25, 0.3) is 0 Å². The maximum absolute atomic E-state index is 14.6. The number of carbonyl (C=O) groups is 3. The van der Waals surface area contributed by atoms with Gasteiger partial charge in [0.05, 0.1) is 16.3 Å². The molecule has 1 saturated carbocycles. The van der Waals surface area contributed by atoms with Crippen LogP contribution < -0.4 is 4.90 Å². The Bertz CT molecular complexity index is 1610. The number of rotatable bonds is 3. The first-order valence-corrected chi connectivity index (χ1v) is 13.4. The van der Waals surface area contributed by atoms with Gasteiger partial charge in [-0.3, -0.25) is 24.5 Å². The number of benzene rings is 3. The zero-order valence-corrected chi connectivity index (χ0v) is 23.1. The summed E-state index contributed by atoms with van der Waals surface area (Å²) in [7, 11) is 1.66. The summed E-state index contributed by atoms with van der Waals surface area (Å²) in [4.78, 5) is 55.8. The van der Waals surface area contributed by atoms with Gasteiger partial charge in [-0.1, -0.05) is 48.0 Å². The number of ether oxygens (including phenoxy) is 1. The van der Waals surface area contributed by atoms with E-state index in [0.717, 1.165) is 0 Å². The predicted octanol–water partition coefficient (Wildman–Crippen LogP) is 5.81. The summed E-state index contributed by atoms with van der Waals surface area (Å²) in [6.07, 6.45) is 0. The van der Waals surface area contributed by atoms with Crippen LogP contribution in [0.5, 0.6) is 0 Å². The highest BCUT2D eigenvalue weighted by Crippen LogP contribution is 2.70. The third-order valence-electron chi connectivity index (χ3n) is 8.50. The zero-order chi connectivity index (χ0) is 28.7. The fraction of sp³-hybridized carbons (Fsp3) is 0.323. The zero-order valence-electron chi connectivity index (χ0n) is 22.4. The van der Waals surface area contributed by atoms with Crippen LogP contribution in [0.2, 0.25) is 5.02 Å². The summed E-state index contributed by atoms with van der Waals surface area (Å²) in [5.74, 6) is -4.68. The second-order valence-electron chi connectivity index (χ2n) is 11.7. The Morgan fingerprint density at radius 2 is 1.73 bits per heavy atom. The first-order valence-electron chi connectivity index (χ1n) is 13.1. The van der Waals surface area contributed by atoms with Crippen LogP contribution in [0.3, 0.4) is 0 Å². The van der Waals surface area contributed by atoms with Crippen LogP contribution in [0.4, 0.5) is 11.4 Å². The van der Waals surface area contributed by atoms with Crippen molar-refractivity contribution in [2.75, 3.05) is 11.9 Å². The van der Waals surface area contributed by atoms with Gasteiger partial charge in [-0.2, -0.15) is 0 Å². The SMILES string of the molecule is CN1C(=O)C2(c3cc(Cl)ccc31)C(C(=O)OC(C)(C)C)C1c3ccc([N+](=O)[O-])cc3C(=O)C1C2c1ccccc1. The minimum Gasteiger partial charge on any atom is -0.460 e. The second-order valence-corrected chi connectivity index (χ2v) is 12.2. The van der Waals surface area contributed by atoms with Crippen molar-refractivity contribution in [1.82, 2.24) is 0 Å². The van der Waals surface area contributed by atoms with Crippen molar-refractivity contribution in [3.63, 3.8) is 0 Å². The third-order valence-corrected chi connectivity index (χ3v) is 8.74. The number of halogens is 1. The number of Topliss-reactive ketones (excluding diaryl/α,β-unsaturated/α-hetero) is 1. The van der Waals surface area contributed by atoms with E-state index in [9.17, 15) is 24.5 Å². The molecular weight excluding hydrogens is 532 g/mol. The van der Waals surface area contributed by atoms with Gasteiger partial charge in [0.1, 0.15) is 5.60 Å². The molecule has 3 aromatic rings. The summed E-state index contributed by atoms with van der Waals surface area (Å²) in [6.45, 7) is 5.26. The Labute approximate surface area is 236 Å². The van der Waals surface area contributed by atoms with E-state index >= 15 is 0 Å². The summed E-state index contributed by atoms with van der Waals surface area (Å²) in [5, 5.41) is 12.0. The summed E-state index contributed by atoms with van der Waals surface area (Å²) in [6, 6.07) is 18.6. The second kappa shape index (κ2) is 8.73. The average Bonchev–Trinajstić information content (AvgIpc) is 3.44. The van der Waals surface area contributed by atoms with Crippen LogP contribution in [0.15, 0.2) is 66.7 Å². The summed E-state index contributed by atoms with van der Waals surface area (Å²) in [5.41, 5.74) is 0.0457. The van der Waals surface area contributed by atoms with Crippen molar-refractivity contribution in [3.05, 3.63) is 104 Å². The minimum absolute atomic E-state index is 0.207. The lowest BCUT2D eigenvalue weighted by molar-refractivity contribution is -0.384. The molecular formula is C31H27ClN2O6. The van der Waals surface area contributed by atoms with Crippen molar-refractivity contribution in [1.29, 1.82) is 0 Å². The Kier molecular flexibility index (Phi) is 5.72. The van der Waals surface area contributed by atoms with Crippen molar-refractivity contribution in [3.8, 4) is 0 Å². The molecule has 1 spiro atoms. The molecule has 5 atom stereocenters. The topological polar surface area (TPSA) is 107 Å². The molecule has 0 N–H and O–H groups in total. The van der Waals surface area contributed by atoms with E-state index in [-0.39, 0.29) is 22.9 Å². The van der Waals surface area contributed by atoms with Crippen molar-refractivity contribution >= 4 is 40.6 Å². The van der Waals surface area contributed by atoms with E-state index in [1.54, 1.807) is 52.1 Å². The smallest absolute Gasteiger partial charge is 0.311 e. The van der Waals surface area contributed by atoms with Gasteiger partial charge < -0.3 is 9.64 Å². The number of nitrogens with zero attached hydrogens (tertiary/aromatic N) is 2. The van der Waals surface area contributed by atoms with Gasteiger partial charge in [-0.15, -0.1) is 0 Å². The fourth-order valence-corrected chi connectivity index (χ4v) is 7.44. The van der Waals surface area contributed by atoms with E-state index in [4.69, 9.17) is 16.3 Å². The van der Waals surface area contributed by atoms with Gasteiger partial charge in [0.2, 0.25) is 5.91 Å². The highest BCUT2D eigenvalue weighted by molar-refractivity contribution is 6.31. The normalized spacial score (nSPS) is 26.6. The monoisotopic (exact) mass is 558 g/mol. The quantitative estimate of drug-likeness (QED) is 0.228. The Balaban J connectivity index is 1.71. The number of hydrogen-bond donors (Lipinski definition) is 0. The highest BCUT2D eigenvalue weighted by atomic mass is 35.5. The van der Waals surface area contributed by atoms with Gasteiger partial charge in [-0.05, 0) is 55.7 Å². The van der Waals surface area contributed by atoms with Gasteiger partial charge in [0.25, 0.3) is 5.69 Å². The lowest BCUT2D eigenvalue weighted by Crippen LogP contribution is -2.50. The summed E-state index contributed by atoms with van der Waals surface area (Å²) >= 11 is 6.51. The lowest BCUT2D eigenvalue weighted by Gasteiger charge is -2.37. The fourth-order valence-electron chi connectivity index (χ4n) is 7.27. The largest absolute Gasteiger partial charge is 0.460 e. The van der Waals surface area contributed by atoms with E-state index in [1.165, 1.54) is 17.0 Å². The molecule has 1 aliphatic heterocycles.